The SMILES string of the molecule is B[C@@H]1[C@@H](C)C(=O)[C@](C)(F)C(=O)O[C@H](CC)[C@@]2(C)OC(=O)N(CCCCn3cc(-c4cccc(N)c4)nn3)[C@@H]2[C@@H](Cc2ccccc2)NC[C@H](C)C[C@@]1(C)OC. The molecule has 3 N–H and O–H groups in total. The number of unbranched alkanes of at least 4 members (excludes halogenated alkanes) is 1. The Kier molecular flexibility index (Phi) is 13.1. The number of methoxy groups -OCH3 is 1. The highest BCUT2D eigenvalue weighted by molar-refractivity contribution is 6.17. The van der Waals surface area contributed by atoms with Crippen molar-refractivity contribution in [3.05, 3.63) is 66.4 Å². The number of ketones is 1. The van der Waals surface area contributed by atoms with Gasteiger partial charge in [0.1, 0.15) is 19.6 Å². The van der Waals surface area contributed by atoms with Gasteiger partial charge in [0, 0.05) is 43.4 Å². The molecule has 0 unspecified atom stereocenters. The molecule has 2 aromatic carbocycles. The van der Waals surface area contributed by atoms with Crippen LogP contribution in [0.2, 0.25) is 5.82 Å². The summed E-state index contributed by atoms with van der Waals surface area (Å²) < 4.78 is 36.5. The fraction of sp³-hybridized carbons (Fsp3) is 0.585. The van der Waals surface area contributed by atoms with Crippen molar-refractivity contribution in [2.24, 2.45) is 11.8 Å². The molecule has 1 aromatic heterocycles. The van der Waals surface area contributed by atoms with Gasteiger partial charge >= 0.3 is 12.1 Å². The number of rotatable bonds is 10. The van der Waals surface area contributed by atoms with Crippen molar-refractivity contribution in [1.29, 1.82) is 0 Å². The molecule has 2 aliphatic rings. The Labute approximate surface area is 325 Å². The van der Waals surface area contributed by atoms with Gasteiger partial charge in [-0.25, -0.2) is 14.0 Å². The lowest BCUT2D eigenvalue weighted by Crippen LogP contribution is -2.62. The number of halogens is 1. The van der Waals surface area contributed by atoms with Crippen LogP contribution in [0.3, 0.4) is 0 Å². The van der Waals surface area contributed by atoms with Gasteiger partial charge in [0.15, 0.2) is 11.4 Å². The third-order valence-corrected chi connectivity index (χ3v) is 12.1. The number of carbonyl (C=O) groups excluding carboxylic acids is 3. The third-order valence-electron chi connectivity index (χ3n) is 12.1. The fourth-order valence-corrected chi connectivity index (χ4v) is 8.49. The molecule has 0 radical (unpaired) electrons. The minimum absolute atomic E-state index is 0.0485. The number of amides is 1. The van der Waals surface area contributed by atoms with E-state index in [4.69, 9.17) is 19.9 Å². The number of esters is 1. The Hall–Kier alpha value is -4.30. The van der Waals surface area contributed by atoms with Gasteiger partial charge in [-0.05, 0) is 88.9 Å². The number of benzene rings is 2. The van der Waals surface area contributed by atoms with E-state index >= 15 is 4.39 Å². The molecule has 2 aliphatic heterocycles. The highest BCUT2D eigenvalue weighted by atomic mass is 19.1. The molecule has 5 rings (SSSR count). The summed E-state index contributed by atoms with van der Waals surface area (Å²) in [5.41, 5.74) is 4.11. The number of alkyl halides is 1. The van der Waals surface area contributed by atoms with Crippen molar-refractivity contribution >= 4 is 31.4 Å². The molecule has 12 nitrogen and oxygen atoms in total. The molecule has 0 aliphatic carbocycles. The van der Waals surface area contributed by atoms with E-state index in [-0.39, 0.29) is 18.4 Å². The number of hydrogen-bond acceptors (Lipinski definition) is 10. The number of cyclic esters (lactones) is 1. The zero-order chi connectivity index (χ0) is 40.1. The van der Waals surface area contributed by atoms with Crippen LogP contribution >= 0.6 is 0 Å². The summed E-state index contributed by atoms with van der Waals surface area (Å²) in [5.74, 6) is -3.39. The quantitative estimate of drug-likeness (QED) is 0.0927. The summed E-state index contributed by atoms with van der Waals surface area (Å²) in [6.07, 6.45) is 2.87. The summed E-state index contributed by atoms with van der Waals surface area (Å²) in [5, 5.41) is 12.4. The molecule has 0 bridgehead atoms. The average molecular weight is 761 g/mol. The number of nitrogen functional groups attached to an aromatic ring is 1. The van der Waals surface area contributed by atoms with Crippen molar-refractivity contribution in [2.45, 2.75) is 121 Å². The van der Waals surface area contributed by atoms with E-state index in [9.17, 15) is 14.4 Å². The van der Waals surface area contributed by atoms with Crippen LogP contribution in [-0.4, -0.2) is 101 Å². The molecule has 3 heterocycles. The average Bonchev–Trinajstić information content (AvgIpc) is 3.74. The first kappa shape index (κ1) is 41.9. The maximum absolute atomic E-state index is 16.5. The Morgan fingerprint density at radius 1 is 1.05 bits per heavy atom. The number of fused-ring (bicyclic) bond motifs is 1. The van der Waals surface area contributed by atoms with E-state index < -0.39 is 58.6 Å². The predicted octanol–water partition coefficient (Wildman–Crippen LogP) is 5.21. The lowest BCUT2D eigenvalue weighted by atomic mass is 9.62. The van der Waals surface area contributed by atoms with E-state index in [1.54, 1.807) is 37.5 Å². The Balaban J connectivity index is 1.47. The van der Waals surface area contributed by atoms with Crippen LogP contribution < -0.4 is 11.1 Å². The zero-order valence-corrected chi connectivity index (χ0v) is 33.6. The van der Waals surface area contributed by atoms with E-state index in [0.29, 0.717) is 56.7 Å². The van der Waals surface area contributed by atoms with Crippen LogP contribution in [-0.2, 0) is 36.8 Å². The highest BCUT2D eigenvalue weighted by Crippen LogP contribution is 2.42. The van der Waals surface area contributed by atoms with Crippen molar-refractivity contribution < 1.29 is 33.0 Å². The molecule has 2 fully saturated rings. The summed E-state index contributed by atoms with van der Waals surface area (Å²) in [6, 6.07) is 16.5. The molecule has 0 saturated carbocycles. The molecule has 298 valence electrons. The van der Waals surface area contributed by atoms with E-state index in [1.807, 2.05) is 75.6 Å². The first-order valence-electron chi connectivity index (χ1n) is 19.6. The van der Waals surface area contributed by atoms with Crippen molar-refractivity contribution in [3.63, 3.8) is 0 Å². The van der Waals surface area contributed by atoms with Crippen LogP contribution in [0, 0.1) is 11.8 Å². The van der Waals surface area contributed by atoms with Crippen LogP contribution in [0.15, 0.2) is 60.8 Å². The molecule has 9 atom stereocenters. The minimum atomic E-state index is -2.94. The first-order chi connectivity index (χ1) is 26.0. The normalized spacial score (nSPS) is 32.3. The van der Waals surface area contributed by atoms with Gasteiger partial charge in [-0.2, -0.15) is 0 Å². The van der Waals surface area contributed by atoms with Gasteiger partial charge in [0.05, 0.1) is 17.8 Å². The number of nitrogens with two attached hydrogens (primary N) is 1. The molecular weight excluding hydrogens is 702 g/mol. The Morgan fingerprint density at radius 3 is 2.44 bits per heavy atom. The van der Waals surface area contributed by atoms with Crippen molar-refractivity contribution in [3.8, 4) is 11.3 Å². The van der Waals surface area contributed by atoms with Gasteiger partial charge in [0.25, 0.3) is 5.67 Å². The molecule has 55 heavy (non-hydrogen) atoms. The van der Waals surface area contributed by atoms with Gasteiger partial charge < -0.3 is 25.3 Å². The predicted molar refractivity (Wildman–Crippen MR) is 212 cm³/mol. The number of hydrogen-bond donors (Lipinski definition) is 2. The molecular formula is C41H58BFN6O6. The molecule has 1 amide bonds. The number of carbonyl (C=O) groups is 3. The minimum Gasteiger partial charge on any atom is -0.455 e. The second kappa shape index (κ2) is 17.2. The van der Waals surface area contributed by atoms with Gasteiger partial charge in [-0.1, -0.05) is 68.4 Å². The summed E-state index contributed by atoms with van der Waals surface area (Å²) in [4.78, 5) is 43.3. The maximum Gasteiger partial charge on any atom is 0.410 e. The standard InChI is InChI=1S/C41H58BFN6O6/c1-8-33-41(6)35(49(38(52)55-41)20-13-12-19-48-25-32(46-47-48)29-17-14-18-30(44)22-29)31(21-28-15-10-9-11-16-28)45-24-26(2)23-39(4,53-7)34(42)27(3)36(50)40(5,43)37(51)54-33/h9-11,14-18,22,25-27,31,33-35,45H,8,12-13,19-21,23-24,42,44H2,1-7H3/t26-,27-,31-,33-,34-,35-,39-,40+,41-/m1/s1. The summed E-state index contributed by atoms with van der Waals surface area (Å²) in [7, 11) is 3.46. The highest BCUT2D eigenvalue weighted by Gasteiger charge is 2.60. The van der Waals surface area contributed by atoms with Crippen LogP contribution in [0.1, 0.15) is 72.8 Å². The lowest BCUT2D eigenvalue weighted by molar-refractivity contribution is -0.179. The lowest BCUT2D eigenvalue weighted by Gasteiger charge is -2.42. The number of aryl methyl sites for hydroxylation is 1. The van der Waals surface area contributed by atoms with Crippen LogP contribution in [0.5, 0.6) is 0 Å². The second-order valence-corrected chi connectivity index (χ2v) is 16.2. The largest absolute Gasteiger partial charge is 0.455 e. The van der Waals surface area contributed by atoms with Gasteiger partial charge in [-0.15, -0.1) is 5.10 Å². The number of nitrogens with zero attached hydrogens (tertiary/aromatic N) is 4. The monoisotopic (exact) mass is 760 g/mol. The first-order valence-corrected chi connectivity index (χ1v) is 19.6. The fourth-order valence-electron chi connectivity index (χ4n) is 8.49. The van der Waals surface area contributed by atoms with Crippen molar-refractivity contribution in [2.75, 3.05) is 25.9 Å². The topological polar surface area (TPSA) is 151 Å². The van der Waals surface area contributed by atoms with Gasteiger partial charge in [0.2, 0.25) is 0 Å². The smallest absolute Gasteiger partial charge is 0.410 e. The molecule has 0 spiro atoms. The maximum atomic E-state index is 16.5. The molecule has 3 aromatic rings. The number of nitrogens with one attached hydrogen (secondary N) is 1. The zero-order valence-electron chi connectivity index (χ0n) is 33.6. The number of aromatic nitrogens is 3. The summed E-state index contributed by atoms with van der Waals surface area (Å²) >= 11 is 0. The van der Waals surface area contributed by atoms with E-state index in [2.05, 4.69) is 22.6 Å². The van der Waals surface area contributed by atoms with Crippen molar-refractivity contribution in [1.82, 2.24) is 25.2 Å². The number of anilines is 1. The van der Waals surface area contributed by atoms with E-state index in [0.717, 1.165) is 18.1 Å². The third kappa shape index (κ3) is 9.07. The van der Waals surface area contributed by atoms with Crippen LogP contribution in [0.4, 0.5) is 14.9 Å². The number of Topliss-reactive ketones (excluding diaryl/α,β-unsaturated/α-hetero) is 1. The van der Waals surface area contributed by atoms with Crippen LogP contribution in [0.25, 0.3) is 11.3 Å². The Morgan fingerprint density at radius 2 is 1.76 bits per heavy atom. The number of ether oxygens (including phenoxy) is 3. The molecule has 2 saturated heterocycles. The van der Waals surface area contributed by atoms with Gasteiger partial charge in [-0.3, -0.25) is 14.4 Å². The van der Waals surface area contributed by atoms with E-state index in [1.165, 1.54) is 0 Å². The summed E-state index contributed by atoms with van der Waals surface area (Å²) in [6.45, 7) is 11.7. The Bertz CT molecular complexity index is 1800. The second-order valence-electron chi connectivity index (χ2n) is 16.2. The molecule has 14 heteroatoms.